The van der Waals surface area contributed by atoms with E-state index in [0.29, 0.717) is 34.1 Å². The summed E-state index contributed by atoms with van der Waals surface area (Å²) in [6.07, 6.45) is 4.14. The Bertz CT molecular complexity index is 1780. The Morgan fingerprint density at radius 3 is 2.24 bits per heavy atom. The Balaban J connectivity index is 1.67. The summed E-state index contributed by atoms with van der Waals surface area (Å²) in [7, 11) is 2.12. The molecule has 0 aliphatic carbocycles. The third-order valence-corrected chi connectivity index (χ3v) is 8.33. The number of hydrogen-bond donors (Lipinski definition) is 1. The third-order valence-electron chi connectivity index (χ3n) is 6.64. The van der Waals surface area contributed by atoms with E-state index < -0.39 is 21.4 Å². The molecule has 0 amide bonds. The number of methoxy groups -OCH3 is 3. The fourth-order valence-corrected chi connectivity index (χ4v) is 5.70. The second-order valence-corrected chi connectivity index (χ2v) is 11.4. The van der Waals surface area contributed by atoms with Crippen molar-refractivity contribution in [2.24, 2.45) is 7.05 Å². The van der Waals surface area contributed by atoms with E-state index in [-0.39, 0.29) is 11.8 Å². The van der Waals surface area contributed by atoms with Crippen LogP contribution in [0.3, 0.4) is 0 Å². The number of rotatable bonds is 10. The van der Waals surface area contributed by atoms with Crippen LogP contribution in [-0.4, -0.2) is 69.5 Å². The zero-order valence-electron chi connectivity index (χ0n) is 23.4. The molecular formula is C27H30N8O5S. The average molecular weight is 579 g/mol. The molecule has 41 heavy (non-hydrogen) atoms. The molecule has 5 rings (SSSR count). The molecule has 1 N–H and O–H groups in total. The Hall–Kier alpha value is -4.56. The number of anilines is 1. The Kier molecular flexibility index (Phi) is 7.60. The topological polar surface area (TPSA) is 148 Å². The lowest BCUT2D eigenvalue weighted by molar-refractivity contribution is 0.0949. The molecule has 13 nitrogen and oxygen atoms in total. The molecule has 2 aromatic carbocycles. The second kappa shape index (κ2) is 11.1. The molecule has 5 aromatic rings. The van der Waals surface area contributed by atoms with Gasteiger partial charge in [0.15, 0.2) is 11.6 Å². The van der Waals surface area contributed by atoms with Gasteiger partial charge in [-0.2, -0.15) is 5.10 Å². The lowest BCUT2D eigenvalue weighted by Crippen LogP contribution is -2.33. The van der Waals surface area contributed by atoms with Crippen molar-refractivity contribution in [1.29, 1.82) is 0 Å². The fraction of sp³-hybridized carbons (Fsp3) is 0.296. The number of fused-ring (bicyclic) bond motifs is 1. The van der Waals surface area contributed by atoms with Crippen LogP contribution in [0.2, 0.25) is 0 Å². The van der Waals surface area contributed by atoms with Gasteiger partial charge in [0.2, 0.25) is 16.0 Å². The zero-order chi connectivity index (χ0) is 29.3. The highest BCUT2D eigenvalue weighted by Gasteiger charge is 2.35. The highest BCUT2D eigenvalue weighted by atomic mass is 32.2. The van der Waals surface area contributed by atoms with E-state index in [1.807, 2.05) is 38.4 Å². The van der Waals surface area contributed by atoms with E-state index in [4.69, 9.17) is 14.2 Å². The molecule has 0 aliphatic heterocycles. The van der Waals surface area contributed by atoms with Crippen molar-refractivity contribution in [2.75, 3.05) is 26.1 Å². The van der Waals surface area contributed by atoms with Crippen molar-refractivity contribution in [3.63, 3.8) is 0 Å². The van der Waals surface area contributed by atoms with Crippen LogP contribution in [0.1, 0.15) is 24.4 Å². The normalized spacial score (nSPS) is 13.2. The van der Waals surface area contributed by atoms with Gasteiger partial charge >= 0.3 is 0 Å². The maximum atomic E-state index is 13.8. The van der Waals surface area contributed by atoms with E-state index in [9.17, 15) is 8.42 Å². The SMILES string of the molecule is COc1cccc(OC)c1-n1c(NS(=O)(=O)C(C)C(OC)c2ncc(C)cn2)nnc1-c1cccc2cn(C)nc12. The van der Waals surface area contributed by atoms with Crippen LogP contribution in [0.5, 0.6) is 11.5 Å². The van der Waals surface area contributed by atoms with Crippen molar-refractivity contribution in [2.45, 2.75) is 25.2 Å². The summed E-state index contributed by atoms with van der Waals surface area (Å²) in [6.45, 7) is 3.36. The monoisotopic (exact) mass is 578 g/mol. The molecule has 0 aliphatic rings. The first kappa shape index (κ1) is 28.0. The molecule has 0 radical (unpaired) electrons. The minimum atomic E-state index is -4.14. The van der Waals surface area contributed by atoms with Gasteiger partial charge in [-0.05, 0) is 37.6 Å². The first-order valence-electron chi connectivity index (χ1n) is 12.6. The Labute approximate surface area is 237 Å². The fourth-order valence-electron chi connectivity index (χ4n) is 4.57. The van der Waals surface area contributed by atoms with Crippen molar-refractivity contribution >= 4 is 26.9 Å². The molecule has 3 heterocycles. The number of aryl methyl sites for hydroxylation is 2. The van der Waals surface area contributed by atoms with E-state index >= 15 is 0 Å². The number of benzene rings is 2. The number of hydrogen-bond acceptors (Lipinski definition) is 10. The van der Waals surface area contributed by atoms with E-state index in [2.05, 4.69) is 30.0 Å². The van der Waals surface area contributed by atoms with Crippen molar-refractivity contribution in [3.05, 3.63) is 66.4 Å². The standard InChI is InChI=1S/C27H30N8O5S/c1-16-13-28-25(29-14-16)24(40-6)17(2)41(36,37)33-27-31-30-26(19-10-7-9-18-15-34(3)32-22(18)19)35(27)23-20(38-4)11-8-12-21(23)39-5/h7-15,17,24H,1-6H3,(H,31,33). The van der Waals surface area contributed by atoms with Gasteiger partial charge in [-0.1, -0.05) is 18.2 Å². The summed E-state index contributed by atoms with van der Waals surface area (Å²) in [6, 6.07) is 10.9. The molecule has 0 fully saturated rings. The Morgan fingerprint density at radius 2 is 1.61 bits per heavy atom. The molecule has 14 heteroatoms. The quantitative estimate of drug-likeness (QED) is 0.261. The first-order chi connectivity index (χ1) is 19.7. The van der Waals surface area contributed by atoms with Crippen LogP contribution in [0.15, 0.2) is 55.0 Å². The van der Waals surface area contributed by atoms with Crippen molar-refractivity contribution in [3.8, 4) is 28.6 Å². The number of ether oxygens (including phenoxy) is 3. The number of nitrogens with zero attached hydrogens (tertiary/aromatic N) is 7. The maximum Gasteiger partial charge on any atom is 0.243 e. The molecule has 0 spiro atoms. The maximum absolute atomic E-state index is 13.8. The predicted octanol–water partition coefficient (Wildman–Crippen LogP) is 3.45. The van der Waals surface area contributed by atoms with Gasteiger partial charge in [0.1, 0.15) is 34.1 Å². The molecule has 0 saturated heterocycles. The second-order valence-electron chi connectivity index (χ2n) is 9.37. The van der Waals surface area contributed by atoms with Crippen LogP contribution >= 0.6 is 0 Å². The van der Waals surface area contributed by atoms with Gasteiger partial charge in [0.05, 0.1) is 14.2 Å². The first-order valence-corrected chi connectivity index (χ1v) is 14.2. The van der Waals surface area contributed by atoms with Crippen LogP contribution < -0.4 is 14.2 Å². The van der Waals surface area contributed by atoms with Crippen molar-refractivity contribution < 1.29 is 22.6 Å². The van der Waals surface area contributed by atoms with Gasteiger partial charge in [0, 0.05) is 43.7 Å². The van der Waals surface area contributed by atoms with E-state index in [1.54, 1.807) is 39.8 Å². The van der Waals surface area contributed by atoms with Gasteiger partial charge in [0.25, 0.3) is 0 Å². The van der Waals surface area contributed by atoms with Crippen LogP contribution in [0.25, 0.3) is 28.0 Å². The lowest BCUT2D eigenvalue weighted by atomic mass is 10.1. The molecular weight excluding hydrogens is 548 g/mol. The minimum absolute atomic E-state index is 0.0812. The molecule has 2 unspecified atom stereocenters. The average Bonchev–Trinajstić information content (AvgIpc) is 3.55. The molecule has 214 valence electrons. The highest BCUT2D eigenvalue weighted by Crippen LogP contribution is 2.39. The number of sulfonamides is 1. The molecule has 2 atom stereocenters. The summed E-state index contributed by atoms with van der Waals surface area (Å²) in [5.41, 5.74) is 2.54. The van der Waals surface area contributed by atoms with Gasteiger partial charge in [-0.15, -0.1) is 10.2 Å². The van der Waals surface area contributed by atoms with Crippen LogP contribution in [0, 0.1) is 6.92 Å². The van der Waals surface area contributed by atoms with Crippen LogP contribution in [-0.2, 0) is 21.8 Å². The molecule has 0 bridgehead atoms. The summed E-state index contributed by atoms with van der Waals surface area (Å²) in [5, 5.41) is 13.1. The number of nitrogens with one attached hydrogen (secondary N) is 1. The summed E-state index contributed by atoms with van der Waals surface area (Å²) in [5.74, 6) is 1.31. The minimum Gasteiger partial charge on any atom is -0.494 e. The predicted molar refractivity (Wildman–Crippen MR) is 153 cm³/mol. The van der Waals surface area contributed by atoms with E-state index in [1.165, 1.54) is 28.3 Å². The van der Waals surface area contributed by atoms with Gasteiger partial charge in [-0.25, -0.2) is 18.4 Å². The molecule has 3 aromatic heterocycles. The summed E-state index contributed by atoms with van der Waals surface area (Å²) in [4.78, 5) is 8.55. The van der Waals surface area contributed by atoms with E-state index in [0.717, 1.165) is 10.9 Å². The summed E-state index contributed by atoms with van der Waals surface area (Å²) >= 11 is 0. The third kappa shape index (κ3) is 5.18. The summed E-state index contributed by atoms with van der Waals surface area (Å²) < 4.78 is 50.3. The number of aromatic nitrogens is 7. The van der Waals surface area contributed by atoms with Crippen molar-refractivity contribution in [1.82, 2.24) is 34.5 Å². The van der Waals surface area contributed by atoms with Gasteiger partial charge in [-0.3, -0.25) is 14.0 Å². The zero-order valence-corrected chi connectivity index (χ0v) is 24.2. The highest BCUT2D eigenvalue weighted by molar-refractivity contribution is 7.93. The van der Waals surface area contributed by atoms with Crippen LogP contribution in [0.4, 0.5) is 5.95 Å². The lowest BCUT2D eigenvalue weighted by Gasteiger charge is -2.23. The Morgan fingerprint density at radius 1 is 0.951 bits per heavy atom. The smallest absolute Gasteiger partial charge is 0.243 e. The van der Waals surface area contributed by atoms with Gasteiger partial charge < -0.3 is 14.2 Å². The molecule has 0 saturated carbocycles. The largest absolute Gasteiger partial charge is 0.494 e. The number of para-hydroxylation sites is 1.